The van der Waals surface area contributed by atoms with E-state index in [1.54, 1.807) is 24.3 Å². The van der Waals surface area contributed by atoms with Gasteiger partial charge in [-0.25, -0.2) is 8.42 Å². The van der Waals surface area contributed by atoms with Crippen molar-refractivity contribution in [2.24, 2.45) is 10.2 Å². The molecule has 58 heavy (non-hydrogen) atoms. The van der Waals surface area contributed by atoms with Crippen LogP contribution in [0, 0.1) is 11.4 Å². The highest BCUT2D eigenvalue weighted by molar-refractivity contribution is 8.04. The third-order valence-corrected chi connectivity index (χ3v) is 11.0. The molecule has 26 heteroatoms. The molecular formula is C32H29ClN8O13S4. The summed E-state index contributed by atoms with van der Waals surface area (Å²) >= 11 is 7.10. The number of nitrogens with zero attached hydrogens (tertiary/aromatic N) is 5. The summed E-state index contributed by atoms with van der Waals surface area (Å²) in [5.74, 6) is -0.930. The maximum atomic E-state index is 12.9. The van der Waals surface area contributed by atoms with Crippen LogP contribution in [0.1, 0.15) is 0 Å². The van der Waals surface area contributed by atoms with Crippen LogP contribution in [-0.2, 0) is 39.6 Å². The first-order valence-corrected chi connectivity index (χ1v) is 21.6. The molecule has 0 aliphatic heterocycles. The summed E-state index contributed by atoms with van der Waals surface area (Å²) in [7, 11) is -12.4. The van der Waals surface area contributed by atoms with Gasteiger partial charge < -0.3 is 30.9 Å². The number of aromatic hydroxyl groups is 1. The molecule has 7 N–H and O–H groups in total. The summed E-state index contributed by atoms with van der Waals surface area (Å²) in [6.07, 6.45) is 1.93. The number of hydrogen-bond donors (Lipinski definition) is 7. The van der Waals surface area contributed by atoms with Gasteiger partial charge in [-0.1, -0.05) is 0 Å². The van der Waals surface area contributed by atoms with Gasteiger partial charge >= 0.3 is 10.4 Å². The maximum absolute atomic E-state index is 12.9. The van der Waals surface area contributed by atoms with Crippen LogP contribution in [0.25, 0.3) is 10.8 Å². The number of aliphatic hydroxyl groups is 1. The minimum absolute atomic E-state index is 0.0235. The number of aliphatic hydroxyl groups excluding tert-OH is 1. The molecule has 0 aliphatic carbocycles. The van der Waals surface area contributed by atoms with Crippen LogP contribution < -0.4 is 20.7 Å². The summed E-state index contributed by atoms with van der Waals surface area (Å²) < 4.78 is 99.3. The SMILES string of the molecule is COc1ccc(S(=O)(=O)CCNCCO)cc1N=Nc1c(S(=O)(=O)O)cc2cc(Nc3nc(Cl)nc(Nc4ccc(SC#COOS(=O)(=O)O)cc4)n3)ccc2c1O. The Morgan fingerprint density at radius 3 is 2.21 bits per heavy atom. The molecule has 0 atom stereocenters. The number of nitrogens with one attached hydrogen (secondary N) is 3. The molecule has 1 heterocycles. The molecule has 0 spiro atoms. The Kier molecular flexibility index (Phi) is 14.2. The number of hydrogen-bond acceptors (Lipinski definition) is 20. The molecule has 0 bridgehead atoms. The van der Waals surface area contributed by atoms with E-state index in [-0.39, 0.29) is 69.7 Å². The third kappa shape index (κ3) is 12.1. The van der Waals surface area contributed by atoms with Crippen molar-refractivity contribution in [2.75, 3.05) is 43.2 Å². The van der Waals surface area contributed by atoms with E-state index in [2.05, 4.69) is 55.6 Å². The van der Waals surface area contributed by atoms with Crippen molar-refractivity contribution in [3.63, 3.8) is 0 Å². The quantitative estimate of drug-likeness (QED) is 0.0127. The van der Waals surface area contributed by atoms with E-state index >= 15 is 0 Å². The zero-order valence-electron chi connectivity index (χ0n) is 29.4. The largest absolute Gasteiger partial charge is 0.505 e. The molecule has 4 aromatic carbocycles. The van der Waals surface area contributed by atoms with E-state index in [0.29, 0.717) is 16.3 Å². The lowest BCUT2D eigenvalue weighted by Gasteiger charge is -2.12. The van der Waals surface area contributed by atoms with Crippen LogP contribution in [0.3, 0.4) is 0 Å². The van der Waals surface area contributed by atoms with Gasteiger partial charge in [0.15, 0.2) is 21.7 Å². The normalized spacial score (nSPS) is 11.9. The molecule has 21 nitrogen and oxygen atoms in total. The van der Waals surface area contributed by atoms with E-state index in [0.717, 1.165) is 23.9 Å². The van der Waals surface area contributed by atoms with Crippen LogP contribution in [0.2, 0.25) is 5.28 Å². The Bertz CT molecular complexity index is 2750. The molecule has 0 amide bonds. The number of azo groups is 1. The van der Waals surface area contributed by atoms with Crippen molar-refractivity contribution in [1.29, 1.82) is 0 Å². The van der Waals surface area contributed by atoms with E-state index in [9.17, 15) is 34.9 Å². The zero-order valence-corrected chi connectivity index (χ0v) is 33.4. The molecule has 5 rings (SSSR count). The van der Waals surface area contributed by atoms with Crippen molar-refractivity contribution in [2.45, 2.75) is 14.7 Å². The van der Waals surface area contributed by atoms with Gasteiger partial charge in [0.25, 0.3) is 10.1 Å². The molecule has 0 fully saturated rings. The predicted octanol–water partition coefficient (Wildman–Crippen LogP) is 4.66. The van der Waals surface area contributed by atoms with Gasteiger partial charge in [-0.05, 0) is 99.8 Å². The molecule has 0 radical (unpaired) electrons. The molecule has 0 saturated heterocycles. The van der Waals surface area contributed by atoms with Crippen molar-refractivity contribution < 1.29 is 58.5 Å². The number of halogens is 1. The topological polar surface area (TPSA) is 311 Å². The first-order chi connectivity index (χ1) is 27.5. The van der Waals surface area contributed by atoms with E-state index < -0.39 is 46.7 Å². The molecule has 0 saturated carbocycles. The number of sulfone groups is 1. The molecule has 5 aromatic rings. The number of phenols is 1. The standard InChI is InChI=1S/C32H29ClN8O13S4/c1-52-26-9-7-23(56(44,45)15-11-34-10-12-42)18-25(26)40-41-28-27(57(46,47)48)17-19-16-21(4-8-24(19)29(28)43)36-32-38-30(33)37-31(39-32)35-20-2-5-22(6-3-20)55-14-13-53-54-58(49,50)51/h2-9,16-18,34,42-43H,10-12,15H2,1H3,(H,46,47,48)(H,49,50,51)(H2,35,36,37,38,39). The second-order valence-corrected chi connectivity index (χ2v) is 16.9. The van der Waals surface area contributed by atoms with Crippen molar-refractivity contribution in [3.05, 3.63) is 72.0 Å². The Labute approximate surface area is 339 Å². The van der Waals surface area contributed by atoms with Crippen LogP contribution >= 0.6 is 23.4 Å². The van der Waals surface area contributed by atoms with Gasteiger partial charge in [-0.3, -0.25) is 14.0 Å². The fraction of sp³-hybridized carbons (Fsp3) is 0.156. The number of thioether (sulfide) groups is 1. The number of phenolic OH excluding ortho intramolecular Hbond substituents is 1. The number of methoxy groups -OCH3 is 1. The fourth-order valence-electron chi connectivity index (χ4n) is 4.78. The Balaban J connectivity index is 1.37. The fourth-order valence-corrected chi connectivity index (χ4v) is 7.40. The summed E-state index contributed by atoms with van der Waals surface area (Å²) in [6.45, 7) is 0.0923. The van der Waals surface area contributed by atoms with Gasteiger partial charge in [-0.15, -0.1) is 10.2 Å². The third-order valence-electron chi connectivity index (χ3n) is 7.28. The predicted molar refractivity (Wildman–Crippen MR) is 210 cm³/mol. The Morgan fingerprint density at radius 1 is 0.862 bits per heavy atom. The van der Waals surface area contributed by atoms with Crippen LogP contribution in [0.4, 0.5) is 34.6 Å². The minimum atomic E-state index is -5.03. The number of rotatable bonds is 17. The smallest absolute Gasteiger partial charge is 0.433 e. The van der Waals surface area contributed by atoms with Gasteiger partial charge in [-0.2, -0.15) is 31.8 Å². The van der Waals surface area contributed by atoms with Crippen molar-refractivity contribution in [3.8, 4) is 22.9 Å². The number of ether oxygens (including phenoxy) is 1. The summed E-state index contributed by atoms with van der Waals surface area (Å²) in [5.41, 5.74) is 0.0392. The number of benzene rings is 4. The summed E-state index contributed by atoms with van der Waals surface area (Å²) in [5, 5.41) is 39.1. The maximum Gasteiger partial charge on any atom is 0.433 e. The average Bonchev–Trinajstić information content (AvgIpc) is 3.15. The first-order valence-electron chi connectivity index (χ1n) is 15.9. The van der Waals surface area contributed by atoms with Gasteiger partial charge in [0.2, 0.25) is 17.2 Å². The monoisotopic (exact) mass is 896 g/mol. The summed E-state index contributed by atoms with van der Waals surface area (Å²) in [4.78, 5) is 16.1. The zero-order chi connectivity index (χ0) is 42.1. The lowest BCUT2D eigenvalue weighted by molar-refractivity contribution is -0.135. The second kappa shape index (κ2) is 18.9. The Hall–Kier alpha value is -5.40. The van der Waals surface area contributed by atoms with Crippen molar-refractivity contribution >= 4 is 99.1 Å². The van der Waals surface area contributed by atoms with Crippen LogP contribution in [0.15, 0.2) is 91.6 Å². The number of anilines is 4. The van der Waals surface area contributed by atoms with Gasteiger partial charge in [0.05, 0.1) is 24.4 Å². The number of fused-ring (bicyclic) bond motifs is 1. The lowest BCUT2D eigenvalue weighted by Crippen LogP contribution is -2.25. The first kappa shape index (κ1) is 43.7. The highest BCUT2D eigenvalue weighted by atomic mass is 35.5. The van der Waals surface area contributed by atoms with E-state index in [1.165, 1.54) is 37.4 Å². The van der Waals surface area contributed by atoms with E-state index in [1.807, 2.05) is 6.11 Å². The number of aromatic nitrogens is 3. The summed E-state index contributed by atoms with van der Waals surface area (Å²) in [6, 6.07) is 15.7. The highest BCUT2D eigenvalue weighted by Crippen LogP contribution is 2.43. The minimum Gasteiger partial charge on any atom is -0.505 e. The molecule has 1 aromatic heterocycles. The molecule has 0 unspecified atom stereocenters. The molecule has 0 aliphatic rings. The Morgan fingerprint density at radius 2 is 1.55 bits per heavy atom. The average molecular weight is 897 g/mol. The van der Waals surface area contributed by atoms with E-state index in [4.69, 9.17) is 26.0 Å². The molecule has 306 valence electrons. The second-order valence-electron chi connectivity index (χ2n) is 11.2. The highest BCUT2D eigenvalue weighted by Gasteiger charge is 2.23. The van der Waals surface area contributed by atoms with Gasteiger partial charge in [0.1, 0.15) is 22.0 Å². The lowest BCUT2D eigenvalue weighted by atomic mass is 10.1. The van der Waals surface area contributed by atoms with Crippen LogP contribution in [0.5, 0.6) is 11.5 Å². The van der Waals surface area contributed by atoms with Gasteiger partial charge in [0, 0.05) is 40.0 Å². The molecular weight excluding hydrogens is 868 g/mol. The van der Waals surface area contributed by atoms with Crippen LogP contribution in [-0.4, -0.2) is 92.1 Å². The van der Waals surface area contributed by atoms with Crippen molar-refractivity contribution in [1.82, 2.24) is 20.3 Å².